The number of thioether (sulfide) groups is 1. The van der Waals surface area contributed by atoms with Gasteiger partial charge in [-0.3, -0.25) is 10.1 Å². The van der Waals surface area contributed by atoms with Crippen molar-refractivity contribution in [2.24, 2.45) is 0 Å². The van der Waals surface area contributed by atoms with Gasteiger partial charge in [0.05, 0.1) is 5.37 Å². The van der Waals surface area contributed by atoms with Gasteiger partial charge in [0.15, 0.2) is 0 Å². The summed E-state index contributed by atoms with van der Waals surface area (Å²) in [6.45, 7) is 2.55. The zero-order valence-corrected chi connectivity index (χ0v) is 10.8. The third-order valence-corrected chi connectivity index (χ3v) is 4.64. The van der Waals surface area contributed by atoms with Crippen LogP contribution in [0.5, 0.6) is 0 Å². The molecular weight excluding hydrogens is 248 g/mol. The van der Waals surface area contributed by atoms with Gasteiger partial charge in [-0.1, -0.05) is 18.2 Å². The fourth-order valence-corrected chi connectivity index (χ4v) is 3.70. The molecule has 0 saturated carbocycles. The fourth-order valence-electron chi connectivity index (χ4n) is 2.43. The molecule has 0 aliphatic carbocycles. The number of aromatic amines is 1. The number of nitrogens with one attached hydrogen (secondary N) is 2. The number of hydrogen-bond acceptors (Lipinski definition) is 3. The second-order valence-electron chi connectivity index (χ2n) is 4.46. The Bertz CT molecular complexity index is 608. The van der Waals surface area contributed by atoms with Crippen LogP contribution in [0.25, 0.3) is 10.9 Å². The molecule has 1 aliphatic heterocycles. The number of para-hydroxylation sites is 1. The Balaban J connectivity index is 2.00. The van der Waals surface area contributed by atoms with Crippen LogP contribution in [-0.4, -0.2) is 27.9 Å². The Hall–Kier alpha value is -1.46. The fraction of sp³-hybridized carbons (Fsp3) is 0.308. The number of rotatable bonds is 2. The molecule has 1 aliphatic rings. The average molecular weight is 262 g/mol. The maximum absolute atomic E-state index is 11.0. The van der Waals surface area contributed by atoms with Crippen molar-refractivity contribution in [3.63, 3.8) is 0 Å². The molecule has 2 heterocycles. The molecule has 1 aromatic heterocycles. The van der Waals surface area contributed by atoms with E-state index >= 15 is 0 Å². The predicted molar refractivity (Wildman–Crippen MR) is 72.8 cm³/mol. The quantitative estimate of drug-likeness (QED) is 0.776. The van der Waals surface area contributed by atoms with E-state index in [1.807, 2.05) is 25.1 Å². The van der Waals surface area contributed by atoms with Gasteiger partial charge in [0.25, 0.3) is 0 Å². The molecule has 94 valence electrons. The molecule has 2 atom stereocenters. The molecule has 0 spiro atoms. The Kier molecular flexibility index (Phi) is 2.80. The first-order chi connectivity index (χ1) is 8.66. The van der Waals surface area contributed by atoms with Crippen LogP contribution in [0.1, 0.15) is 16.6 Å². The number of aromatic nitrogens is 1. The molecule has 2 aromatic rings. The first-order valence-electron chi connectivity index (χ1n) is 5.85. The lowest BCUT2D eigenvalue weighted by Gasteiger charge is -2.10. The van der Waals surface area contributed by atoms with Gasteiger partial charge in [-0.25, -0.2) is 0 Å². The monoisotopic (exact) mass is 262 g/mol. The Morgan fingerprint density at radius 3 is 2.94 bits per heavy atom. The molecule has 4 nitrogen and oxygen atoms in total. The summed E-state index contributed by atoms with van der Waals surface area (Å²) in [5.74, 6) is -0.743. The normalized spacial score (nSPS) is 23.6. The van der Waals surface area contributed by atoms with Gasteiger partial charge in [0.1, 0.15) is 5.25 Å². The summed E-state index contributed by atoms with van der Waals surface area (Å²) in [7, 11) is 0. The number of benzene rings is 1. The summed E-state index contributed by atoms with van der Waals surface area (Å²) in [4.78, 5) is 14.3. The van der Waals surface area contributed by atoms with Crippen LogP contribution in [0.3, 0.4) is 0 Å². The van der Waals surface area contributed by atoms with Crippen LogP contribution >= 0.6 is 11.8 Å². The summed E-state index contributed by atoms with van der Waals surface area (Å²) in [6, 6.07) is 8.12. The minimum atomic E-state index is -0.743. The zero-order valence-electron chi connectivity index (χ0n) is 9.93. The number of carboxylic acid groups (broad SMARTS) is 1. The molecule has 0 bridgehead atoms. The highest BCUT2D eigenvalue weighted by molar-refractivity contribution is 8.01. The number of hydrogen-bond donors (Lipinski definition) is 3. The maximum Gasteiger partial charge on any atom is 0.318 e. The Morgan fingerprint density at radius 2 is 2.22 bits per heavy atom. The molecule has 0 unspecified atom stereocenters. The first-order valence-corrected chi connectivity index (χ1v) is 6.80. The van der Waals surface area contributed by atoms with E-state index in [0.29, 0.717) is 6.54 Å². The van der Waals surface area contributed by atoms with Crippen molar-refractivity contribution in [1.82, 2.24) is 10.3 Å². The molecule has 5 heteroatoms. The van der Waals surface area contributed by atoms with Crippen molar-refractivity contribution >= 4 is 28.6 Å². The van der Waals surface area contributed by atoms with Crippen molar-refractivity contribution in [2.45, 2.75) is 17.5 Å². The largest absolute Gasteiger partial charge is 0.480 e. The number of carbonyl (C=O) groups is 1. The predicted octanol–water partition coefficient (Wildman–Crippen LogP) is 2.26. The maximum atomic E-state index is 11.0. The summed E-state index contributed by atoms with van der Waals surface area (Å²) in [5.41, 5.74) is 3.39. The molecule has 3 rings (SSSR count). The number of H-pyrrole nitrogens is 1. The van der Waals surface area contributed by atoms with E-state index in [-0.39, 0.29) is 10.6 Å². The summed E-state index contributed by atoms with van der Waals surface area (Å²) < 4.78 is 0. The third-order valence-electron chi connectivity index (χ3n) is 3.27. The van der Waals surface area contributed by atoms with E-state index in [0.717, 1.165) is 11.2 Å². The lowest BCUT2D eigenvalue weighted by Crippen LogP contribution is -2.21. The zero-order chi connectivity index (χ0) is 12.7. The second kappa shape index (κ2) is 4.33. The summed E-state index contributed by atoms with van der Waals surface area (Å²) in [6.07, 6.45) is 0. The van der Waals surface area contributed by atoms with Gasteiger partial charge in [0.2, 0.25) is 0 Å². The van der Waals surface area contributed by atoms with E-state index < -0.39 is 5.97 Å². The number of carboxylic acids is 1. The van der Waals surface area contributed by atoms with Gasteiger partial charge in [0, 0.05) is 28.7 Å². The Morgan fingerprint density at radius 1 is 1.44 bits per heavy atom. The van der Waals surface area contributed by atoms with Crippen molar-refractivity contribution < 1.29 is 9.90 Å². The average Bonchev–Trinajstić information content (AvgIpc) is 2.91. The first kappa shape index (κ1) is 11.6. The van der Waals surface area contributed by atoms with E-state index in [2.05, 4.69) is 16.4 Å². The molecule has 1 fully saturated rings. The van der Waals surface area contributed by atoms with Crippen molar-refractivity contribution in [1.29, 1.82) is 0 Å². The highest BCUT2D eigenvalue weighted by Gasteiger charge is 2.32. The number of aryl methyl sites for hydroxylation is 1. The molecule has 3 N–H and O–H groups in total. The van der Waals surface area contributed by atoms with E-state index in [1.165, 1.54) is 22.7 Å². The minimum Gasteiger partial charge on any atom is -0.480 e. The lowest BCUT2D eigenvalue weighted by molar-refractivity contribution is -0.136. The van der Waals surface area contributed by atoms with Crippen molar-refractivity contribution in [3.05, 3.63) is 35.5 Å². The molecule has 0 amide bonds. The molecule has 1 aromatic carbocycles. The van der Waals surface area contributed by atoms with Gasteiger partial charge in [-0.2, -0.15) is 0 Å². The third kappa shape index (κ3) is 1.79. The van der Waals surface area contributed by atoms with Crippen LogP contribution in [0.2, 0.25) is 0 Å². The van der Waals surface area contributed by atoms with Crippen LogP contribution < -0.4 is 5.32 Å². The number of fused-ring (bicyclic) bond motifs is 1. The van der Waals surface area contributed by atoms with Gasteiger partial charge in [-0.15, -0.1) is 11.8 Å². The van der Waals surface area contributed by atoms with Crippen molar-refractivity contribution in [2.75, 3.05) is 6.54 Å². The van der Waals surface area contributed by atoms with Gasteiger partial charge < -0.3 is 10.1 Å². The van der Waals surface area contributed by atoms with E-state index in [4.69, 9.17) is 5.11 Å². The standard InChI is InChI=1S/C13H14N2O2S/c1-7-11(8-4-2-3-5-9(8)15-7)12-14-6-10(18-12)13(16)17/h2-5,10,12,14-15H,6H2,1H3,(H,16,17)/t10-,12-/m1/s1. The van der Waals surface area contributed by atoms with E-state index in [9.17, 15) is 4.79 Å². The smallest absolute Gasteiger partial charge is 0.318 e. The Labute approximate surface area is 109 Å². The van der Waals surface area contributed by atoms with Crippen molar-refractivity contribution in [3.8, 4) is 0 Å². The minimum absolute atomic E-state index is 0.0576. The lowest BCUT2D eigenvalue weighted by atomic mass is 10.1. The second-order valence-corrected chi connectivity index (χ2v) is 5.77. The number of aliphatic carboxylic acids is 1. The highest BCUT2D eigenvalue weighted by atomic mass is 32.2. The van der Waals surface area contributed by atoms with Crippen LogP contribution in [0.15, 0.2) is 24.3 Å². The van der Waals surface area contributed by atoms with E-state index in [1.54, 1.807) is 0 Å². The topological polar surface area (TPSA) is 65.1 Å². The van der Waals surface area contributed by atoms with Crippen LogP contribution in [0, 0.1) is 6.92 Å². The molecule has 1 saturated heterocycles. The molecule has 18 heavy (non-hydrogen) atoms. The van der Waals surface area contributed by atoms with Crippen LogP contribution in [-0.2, 0) is 4.79 Å². The molecular formula is C13H14N2O2S. The summed E-state index contributed by atoms with van der Waals surface area (Å²) in [5, 5.41) is 13.2. The SMILES string of the molecule is Cc1[nH]c2ccccc2c1[C@@H]1NC[C@H](C(=O)O)S1. The van der Waals surface area contributed by atoms with Gasteiger partial charge in [-0.05, 0) is 13.0 Å². The van der Waals surface area contributed by atoms with Crippen LogP contribution in [0.4, 0.5) is 0 Å². The van der Waals surface area contributed by atoms with Gasteiger partial charge >= 0.3 is 5.97 Å². The summed E-state index contributed by atoms with van der Waals surface area (Å²) >= 11 is 1.47. The highest BCUT2D eigenvalue weighted by Crippen LogP contribution is 2.39. The molecule has 0 radical (unpaired) electrons.